The van der Waals surface area contributed by atoms with Crippen LogP contribution in [-0.2, 0) is 11.4 Å². The van der Waals surface area contributed by atoms with Crippen molar-refractivity contribution in [1.82, 2.24) is 0 Å². The molecule has 0 aliphatic rings. The molecule has 0 bridgehead atoms. The number of benzene rings is 2. The van der Waals surface area contributed by atoms with E-state index in [2.05, 4.69) is 0 Å². The maximum absolute atomic E-state index is 11.4. The van der Waals surface area contributed by atoms with Crippen molar-refractivity contribution in [3.8, 4) is 17.2 Å². The number of aliphatic carboxylic acids is 1. The first-order valence-electron chi connectivity index (χ1n) is 7.89. The Morgan fingerprint density at radius 2 is 1.88 bits per heavy atom. The molecule has 8 nitrogen and oxygen atoms in total. The minimum absolute atomic E-state index is 0.00399. The predicted molar refractivity (Wildman–Crippen MR) is 92.8 cm³/mol. The Labute approximate surface area is 150 Å². The molecular weight excluding hydrogens is 342 g/mol. The van der Waals surface area contributed by atoms with Crippen LogP contribution in [0.1, 0.15) is 18.4 Å². The number of nitrogens with zero attached hydrogens (tertiary/aromatic N) is 1. The van der Waals surface area contributed by atoms with E-state index in [4.69, 9.17) is 19.3 Å². The van der Waals surface area contributed by atoms with E-state index in [9.17, 15) is 14.9 Å². The number of rotatable bonds is 10. The number of methoxy groups -OCH3 is 1. The number of nitro benzene ring substituents is 1. The largest absolute Gasteiger partial charge is 0.493 e. The second-order valence-electron chi connectivity index (χ2n) is 5.34. The van der Waals surface area contributed by atoms with Gasteiger partial charge in [0.05, 0.1) is 30.3 Å². The van der Waals surface area contributed by atoms with Crippen LogP contribution >= 0.6 is 0 Å². The van der Waals surface area contributed by atoms with Gasteiger partial charge >= 0.3 is 5.97 Å². The second-order valence-corrected chi connectivity index (χ2v) is 5.34. The zero-order valence-corrected chi connectivity index (χ0v) is 14.2. The number of ether oxygens (including phenoxy) is 3. The summed E-state index contributed by atoms with van der Waals surface area (Å²) in [5.74, 6) is 0.167. The molecule has 8 heteroatoms. The maximum atomic E-state index is 11.4. The molecule has 0 amide bonds. The lowest BCUT2D eigenvalue weighted by atomic mass is 10.1. The van der Waals surface area contributed by atoms with Crippen LogP contribution in [0.15, 0.2) is 42.5 Å². The highest BCUT2D eigenvalue weighted by Crippen LogP contribution is 2.35. The lowest BCUT2D eigenvalue weighted by Crippen LogP contribution is -2.06. The summed E-state index contributed by atoms with van der Waals surface area (Å²) >= 11 is 0. The van der Waals surface area contributed by atoms with E-state index < -0.39 is 10.9 Å². The Hall–Kier alpha value is -3.29. The lowest BCUT2D eigenvalue weighted by Gasteiger charge is -2.13. The molecule has 2 aromatic rings. The van der Waals surface area contributed by atoms with Gasteiger partial charge in [-0.2, -0.15) is 0 Å². The second kappa shape index (κ2) is 9.26. The Balaban J connectivity index is 2.17. The fourth-order valence-corrected chi connectivity index (χ4v) is 2.23. The molecule has 0 saturated carbocycles. The number of carbonyl (C=O) groups is 1. The minimum Gasteiger partial charge on any atom is -0.493 e. The average Bonchev–Trinajstić information content (AvgIpc) is 2.64. The smallest absolute Gasteiger partial charge is 0.303 e. The Morgan fingerprint density at radius 1 is 1.15 bits per heavy atom. The molecular formula is C18H19NO7. The highest BCUT2D eigenvalue weighted by atomic mass is 16.6. The van der Waals surface area contributed by atoms with E-state index in [1.807, 2.05) is 6.07 Å². The SMILES string of the molecule is COc1cc(COc2ccccc2)c([N+](=O)[O-])cc1OCCCC(=O)O. The van der Waals surface area contributed by atoms with E-state index in [0.717, 1.165) is 0 Å². The van der Waals surface area contributed by atoms with Gasteiger partial charge < -0.3 is 19.3 Å². The molecule has 0 aliphatic heterocycles. The topological polar surface area (TPSA) is 108 Å². The van der Waals surface area contributed by atoms with Crippen LogP contribution in [-0.4, -0.2) is 29.7 Å². The van der Waals surface area contributed by atoms with Crippen molar-refractivity contribution < 1.29 is 29.0 Å². The van der Waals surface area contributed by atoms with E-state index in [1.165, 1.54) is 19.2 Å². The van der Waals surface area contributed by atoms with Crippen molar-refractivity contribution in [2.45, 2.75) is 19.4 Å². The third-order valence-corrected chi connectivity index (χ3v) is 3.49. The molecule has 26 heavy (non-hydrogen) atoms. The van der Waals surface area contributed by atoms with Crippen LogP contribution < -0.4 is 14.2 Å². The Morgan fingerprint density at radius 3 is 2.50 bits per heavy atom. The zero-order valence-electron chi connectivity index (χ0n) is 14.2. The van der Waals surface area contributed by atoms with Gasteiger partial charge in [-0.25, -0.2) is 0 Å². The lowest BCUT2D eigenvalue weighted by molar-refractivity contribution is -0.385. The number of carboxylic acid groups (broad SMARTS) is 1. The summed E-state index contributed by atoms with van der Waals surface area (Å²) in [6.07, 6.45) is 0.235. The summed E-state index contributed by atoms with van der Waals surface area (Å²) in [5.41, 5.74) is 0.184. The van der Waals surface area contributed by atoms with E-state index >= 15 is 0 Å². The number of para-hydroxylation sites is 1. The predicted octanol–water partition coefficient (Wildman–Crippen LogP) is 3.43. The average molecular weight is 361 g/mol. The first-order chi connectivity index (χ1) is 12.5. The fourth-order valence-electron chi connectivity index (χ4n) is 2.23. The molecule has 0 saturated heterocycles. The molecule has 2 aromatic carbocycles. The third kappa shape index (κ3) is 5.37. The normalized spacial score (nSPS) is 10.2. The van der Waals surface area contributed by atoms with Crippen LogP contribution in [0.2, 0.25) is 0 Å². The molecule has 2 rings (SSSR count). The molecule has 0 aromatic heterocycles. The van der Waals surface area contributed by atoms with Gasteiger partial charge in [0.15, 0.2) is 11.5 Å². The van der Waals surface area contributed by atoms with Crippen LogP contribution in [0.4, 0.5) is 5.69 Å². The number of hydrogen-bond donors (Lipinski definition) is 1. The quantitative estimate of drug-likeness (QED) is 0.392. The molecule has 138 valence electrons. The van der Waals surface area contributed by atoms with Gasteiger partial charge in [-0.3, -0.25) is 14.9 Å². The molecule has 0 spiro atoms. The number of hydrogen-bond acceptors (Lipinski definition) is 6. The summed E-state index contributed by atoms with van der Waals surface area (Å²) in [4.78, 5) is 21.4. The molecule has 0 fully saturated rings. The van der Waals surface area contributed by atoms with Crippen molar-refractivity contribution in [3.63, 3.8) is 0 Å². The van der Waals surface area contributed by atoms with Gasteiger partial charge in [-0.1, -0.05) is 18.2 Å². The maximum Gasteiger partial charge on any atom is 0.303 e. The zero-order chi connectivity index (χ0) is 18.9. The van der Waals surface area contributed by atoms with E-state index in [-0.39, 0.29) is 37.5 Å². The van der Waals surface area contributed by atoms with E-state index in [0.29, 0.717) is 17.1 Å². The fraction of sp³-hybridized carbons (Fsp3) is 0.278. The van der Waals surface area contributed by atoms with Crippen LogP contribution in [0.25, 0.3) is 0 Å². The summed E-state index contributed by atoms with van der Waals surface area (Å²) in [7, 11) is 1.42. The first-order valence-corrected chi connectivity index (χ1v) is 7.89. The van der Waals surface area contributed by atoms with Gasteiger partial charge in [0.1, 0.15) is 12.4 Å². The van der Waals surface area contributed by atoms with Crippen molar-refractivity contribution in [2.24, 2.45) is 0 Å². The van der Waals surface area contributed by atoms with Crippen LogP contribution in [0.5, 0.6) is 17.2 Å². The van der Waals surface area contributed by atoms with Gasteiger partial charge in [-0.15, -0.1) is 0 Å². The number of carboxylic acids is 1. The van der Waals surface area contributed by atoms with Gasteiger partial charge in [0.2, 0.25) is 0 Å². The Bertz CT molecular complexity index is 762. The number of nitro groups is 1. The third-order valence-electron chi connectivity index (χ3n) is 3.49. The highest BCUT2D eigenvalue weighted by molar-refractivity contribution is 5.66. The van der Waals surface area contributed by atoms with Crippen molar-refractivity contribution >= 4 is 11.7 Å². The van der Waals surface area contributed by atoms with Crippen molar-refractivity contribution in [2.75, 3.05) is 13.7 Å². The molecule has 0 radical (unpaired) electrons. The summed E-state index contributed by atoms with van der Waals surface area (Å²) in [6, 6.07) is 11.7. The molecule has 0 atom stereocenters. The van der Waals surface area contributed by atoms with Gasteiger partial charge in [0, 0.05) is 6.42 Å². The minimum atomic E-state index is -0.931. The molecule has 0 heterocycles. The summed E-state index contributed by atoms with van der Waals surface area (Å²) in [6.45, 7) is 0.107. The van der Waals surface area contributed by atoms with Crippen molar-refractivity contribution in [3.05, 3.63) is 58.1 Å². The monoisotopic (exact) mass is 361 g/mol. The Kier molecular flexibility index (Phi) is 6.78. The molecule has 0 aliphatic carbocycles. The first kappa shape index (κ1) is 19.0. The standard InChI is InChI=1S/C18H19NO7/c1-24-16-10-13(12-26-14-6-3-2-4-7-14)15(19(22)23)11-17(16)25-9-5-8-18(20)21/h2-4,6-7,10-11H,5,8-9,12H2,1H3,(H,20,21). The summed E-state index contributed by atoms with van der Waals surface area (Å²) < 4.78 is 16.3. The van der Waals surface area contributed by atoms with Crippen molar-refractivity contribution in [1.29, 1.82) is 0 Å². The van der Waals surface area contributed by atoms with Crippen LogP contribution in [0.3, 0.4) is 0 Å². The van der Waals surface area contributed by atoms with Gasteiger partial charge in [0.25, 0.3) is 5.69 Å². The van der Waals surface area contributed by atoms with Crippen LogP contribution in [0, 0.1) is 10.1 Å². The molecule has 0 unspecified atom stereocenters. The molecule has 1 N–H and O–H groups in total. The highest BCUT2D eigenvalue weighted by Gasteiger charge is 2.20. The van der Waals surface area contributed by atoms with E-state index in [1.54, 1.807) is 24.3 Å². The van der Waals surface area contributed by atoms with Gasteiger partial charge in [-0.05, 0) is 24.6 Å². The summed E-state index contributed by atoms with van der Waals surface area (Å²) in [5, 5.41) is 20.0.